The summed E-state index contributed by atoms with van der Waals surface area (Å²) in [5, 5.41) is 13.4. The van der Waals surface area contributed by atoms with Crippen molar-refractivity contribution < 1.29 is 19.4 Å². The minimum atomic E-state index is -0.944. The molecule has 3 saturated carbocycles. The fourth-order valence-electron chi connectivity index (χ4n) is 6.08. The first kappa shape index (κ1) is 27.0. The number of hydrogen-bond donors (Lipinski definition) is 2. The molecule has 2 atom stereocenters. The van der Waals surface area contributed by atoms with Gasteiger partial charge in [-0.25, -0.2) is 4.79 Å². The van der Waals surface area contributed by atoms with Crippen LogP contribution in [0.5, 0.6) is 0 Å². The second-order valence-electron chi connectivity index (χ2n) is 13.2. The summed E-state index contributed by atoms with van der Waals surface area (Å²) in [6.45, 7) is 17.5. The fraction of sp³-hybridized carbons (Fsp3) is 0.655. The summed E-state index contributed by atoms with van der Waals surface area (Å²) in [5.41, 5.74) is 0.598. The third-order valence-electron chi connectivity index (χ3n) is 9.26. The first-order chi connectivity index (χ1) is 16.5. The first-order valence-corrected chi connectivity index (χ1v) is 13.3. The van der Waals surface area contributed by atoms with Gasteiger partial charge in [-0.1, -0.05) is 58.0 Å². The van der Waals surface area contributed by atoms with Gasteiger partial charge in [-0.3, -0.25) is 4.79 Å². The van der Waals surface area contributed by atoms with Gasteiger partial charge in [-0.05, 0) is 74.1 Å². The van der Waals surface area contributed by atoms with Crippen molar-refractivity contribution in [1.29, 1.82) is 0 Å². The van der Waals surface area contributed by atoms with Gasteiger partial charge in [0.15, 0.2) is 0 Å². The monoisotopic (exact) mass is 516 g/mol. The van der Waals surface area contributed by atoms with Crippen molar-refractivity contribution in [2.45, 2.75) is 90.3 Å². The van der Waals surface area contributed by atoms with E-state index in [-0.39, 0.29) is 29.5 Å². The van der Waals surface area contributed by atoms with Gasteiger partial charge in [-0.15, -0.1) is 0 Å². The molecule has 36 heavy (non-hydrogen) atoms. The van der Waals surface area contributed by atoms with E-state index in [1.165, 1.54) is 0 Å². The Balaban J connectivity index is 1.62. The molecule has 2 N–H and O–H groups in total. The molecule has 1 aromatic rings. The highest BCUT2D eigenvalue weighted by Gasteiger charge is 2.74. The lowest BCUT2D eigenvalue weighted by molar-refractivity contribution is -0.218. The van der Waals surface area contributed by atoms with Crippen molar-refractivity contribution >= 4 is 23.6 Å². The smallest absolute Gasteiger partial charge is 0.318 e. The molecule has 2 amide bonds. The Morgan fingerprint density at radius 2 is 1.86 bits per heavy atom. The van der Waals surface area contributed by atoms with Crippen LogP contribution in [0.4, 0.5) is 4.79 Å². The van der Waals surface area contributed by atoms with E-state index in [1.54, 1.807) is 11.9 Å². The van der Waals surface area contributed by atoms with Gasteiger partial charge < -0.3 is 20.1 Å². The second-order valence-corrected chi connectivity index (χ2v) is 13.6. The Morgan fingerprint density at radius 3 is 2.39 bits per heavy atom. The van der Waals surface area contributed by atoms with Crippen LogP contribution in [0.15, 0.2) is 30.4 Å². The average molecular weight is 517 g/mol. The van der Waals surface area contributed by atoms with E-state index in [4.69, 9.17) is 16.3 Å². The zero-order chi connectivity index (χ0) is 26.9. The highest BCUT2D eigenvalue weighted by Crippen LogP contribution is 2.69. The molecule has 1 aliphatic heterocycles. The van der Waals surface area contributed by atoms with E-state index < -0.39 is 22.5 Å². The Kier molecular flexibility index (Phi) is 6.37. The summed E-state index contributed by atoms with van der Waals surface area (Å²) in [4.78, 5) is 26.9. The highest BCUT2D eigenvalue weighted by molar-refractivity contribution is 6.31. The number of carboxylic acid groups (broad SMARTS) is 1. The van der Waals surface area contributed by atoms with Gasteiger partial charge in [0.25, 0.3) is 0 Å². The molecule has 1 heterocycles. The lowest BCUT2D eigenvalue weighted by atomic mass is 9.39. The SMILES string of the molecule is C=C1C(C)C(C)(C)OC[C@]1(NC(=O)N(C)C12CC(C(=O)O)(C1)C2)c1ccc(CCC(C)(C)C)c(Cl)c1. The van der Waals surface area contributed by atoms with Crippen molar-refractivity contribution in [3.8, 4) is 0 Å². The summed E-state index contributed by atoms with van der Waals surface area (Å²) >= 11 is 6.79. The van der Waals surface area contributed by atoms with Crippen molar-refractivity contribution in [2.75, 3.05) is 13.7 Å². The molecule has 1 saturated heterocycles. The molecular formula is C29H41ClN2O4. The third kappa shape index (κ3) is 4.24. The molecule has 1 aromatic carbocycles. The zero-order valence-corrected chi connectivity index (χ0v) is 23.5. The average Bonchev–Trinajstić information content (AvgIpc) is 2.70. The van der Waals surface area contributed by atoms with E-state index in [2.05, 4.69) is 45.7 Å². The molecule has 6 nitrogen and oxygen atoms in total. The molecule has 1 unspecified atom stereocenters. The number of rotatable bonds is 6. The van der Waals surface area contributed by atoms with Crippen LogP contribution in [0.3, 0.4) is 0 Å². The van der Waals surface area contributed by atoms with Gasteiger partial charge in [-0.2, -0.15) is 0 Å². The van der Waals surface area contributed by atoms with Crippen LogP contribution in [-0.4, -0.2) is 46.8 Å². The van der Waals surface area contributed by atoms with E-state index in [9.17, 15) is 14.7 Å². The molecule has 5 rings (SSSR count). The van der Waals surface area contributed by atoms with E-state index in [0.717, 1.165) is 29.5 Å². The Morgan fingerprint density at radius 1 is 1.25 bits per heavy atom. The molecule has 0 spiro atoms. The summed E-state index contributed by atoms with van der Waals surface area (Å²) < 4.78 is 6.33. The van der Waals surface area contributed by atoms with Crippen molar-refractivity contribution in [1.82, 2.24) is 10.2 Å². The maximum Gasteiger partial charge on any atom is 0.318 e. The molecule has 4 fully saturated rings. The van der Waals surface area contributed by atoms with Crippen molar-refractivity contribution in [2.24, 2.45) is 16.7 Å². The maximum atomic E-state index is 13.6. The van der Waals surface area contributed by atoms with Gasteiger partial charge in [0.1, 0.15) is 5.54 Å². The summed E-state index contributed by atoms with van der Waals surface area (Å²) in [6.07, 6.45) is 3.39. The molecule has 2 bridgehead atoms. The number of halogens is 1. The van der Waals surface area contributed by atoms with Gasteiger partial charge in [0.2, 0.25) is 0 Å². The predicted molar refractivity (Wildman–Crippen MR) is 142 cm³/mol. The van der Waals surface area contributed by atoms with Crippen LogP contribution in [-0.2, 0) is 21.5 Å². The topological polar surface area (TPSA) is 78.9 Å². The number of carbonyl (C=O) groups excluding carboxylic acids is 1. The summed E-state index contributed by atoms with van der Waals surface area (Å²) in [7, 11) is 1.76. The second kappa shape index (κ2) is 8.49. The predicted octanol–water partition coefficient (Wildman–Crippen LogP) is 6.16. The molecular weight excluding hydrogens is 476 g/mol. The Bertz CT molecular complexity index is 1090. The van der Waals surface area contributed by atoms with Crippen LogP contribution in [0, 0.1) is 16.7 Å². The minimum absolute atomic E-state index is 0.0265. The molecule has 3 aliphatic carbocycles. The molecule has 0 radical (unpaired) electrons. The normalized spacial score (nSPS) is 32.8. The number of nitrogens with zero attached hydrogens (tertiary/aromatic N) is 1. The summed E-state index contributed by atoms with van der Waals surface area (Å²) in [5.74, 6) is -0.789. The lowest BCUT2D eigenvalue weighted by Crippen LogP contribution is -2.78. The van der Waals surface area contributed by atoms with Crippen LogP contribution in [0.1, 0.15) is 78.4 Å². The van der Waals surface area contributed by atoms with Crippen LogP contribution >= 0.6 is 11.6 Å². The minimum Gasteiger partial charge on any atom is -0.481 e. The number of urea groups is 1. The number of aliphatic carboxylic acids is 1. The largest absolute Gasteiger partial charge is 0.481 e. The van der Waals surface area contributed by atoms with Crippen molar-refractivity contribution in [3.63, 3.8) is 0 Å². The third-order valence-corrected chi connectivity index (χ3v) is 9.61. The van der Waals surface area contributed by atoms with E-state index >= 15 is 0 Å². The zero-order valence-electron chi connectivity index (χ0n) is 22.8. The molecule has 0 aromatic heterocycles. The van der Waals surface area contributed by atoms with Crippen LogP contribution in [0.25, 0.3) is 0 Å². The molecule has 4 aliphatic rings. The number of hydrogen-bond acceptors (Lipinski definition) is 3. The van der Waals surface area contributed by atoms with Gasteiger partial charge in [0.05, 0.1) is 17.6 Å². The number of carboxylic acids is 1. The van der Waals surface area contributed by atoms with Crippen LogP contribution < -0.4 is 5.32 Å². The first-order valence-electron chi connectivity index (χ1n) is 12.9. The van der Waals surface area contributed by atoms with E-state index in [1.807, 2.05) is 26.0 Å². The number of nitrogens with one attached hydrogen (secondary N) is 1. The Hall–Kier alpha value is -2.05. The number of carbonyl (C=O) groups is 2. The maximum absolute atomic E-state index is 13.6. The standard InChI is InChI=1S/C29H41ClN2O4/c1-18-19(2)29(17-36-26(18,6)7,21-10-9-20(22(30)13-21)11-12-25(3,4)5)31-24(35)32(8)28-14-27(15-28,16-28)23(33)34/h9-10,13,18H,2,11-12,14-17H2,1,3-8H3,(H,31,35)(H,33,34)/t18?,27?,28?,29-/m1/s1. The fourth-order valence-corrected chi connectivity index (χ4v) is 6.36. The lowest BCUT2D eigenvalue weighted by Gasteiger charge is -2.70. The quantitative estimate of drug-likeness (QED) is 0.443. The number of ether oxygens (including phenoxy) is 1. The van der Waals surface area contributed by atoms with Gasteiger partial charge >= 0.3 is 12.0 Å². The van der Waals surface area contributed by atoms with E-state index in [0.29, 0.717) is 24.3 Å². The van der Waals surface area contributed by atoms with Crippen molar-refractivity contribution in [3.05, 3.63) is 46.5 Å². The highest BCUT2D eigenvalue weighted by atomic mass is 35.5. The number of amides is 2. The molecule has 198 valence electrons. The van der Waals surface area contributed by atoms with Crippen LogP contribution in [0.2, 0.25) is 5.02 Å². The Labute approximate surface area is 220 Å². The summed E-state index contributed by atoms with van der Waals surface area (Å²) in [6, 6.07) is 5.78. The molecule has 7 heteroatoms. The number of benzene rings is 1. The number of aryl methyl sites for hydroxylation is 1. The van der Waals surface area contributed by atoms with Gasteiger partial charge in [0, 0.05) is 23.5 Å².